The van der Waals surface area contributed by atoms with Crippen molar-refractivity contribution in [2.24, 2.45) is 0 Å². The van der Waals surface area contributed by atoms with Gasteiger partial charge in [0.15, 0.2) is 5.78 Å². The second kappa shape index (κ2) is 4.84. The van der Waals surface area contributed by atoms with Gasteiger partial charge in [-0.1, -0.05) is 0 Å². The first-order valence-electron chi connectivity index (χ1n) is 6.47. The molecule has 1 aliphatic rings. The number of nitrogens with zero attached hydrogens (tertiary/aromatic N) is 3. The van der Waals surface area contributed by atoms with Crippen LogP contribution in [0.5, 0.6) is 0 Å². The van der Waals surface area contributed by atoms with Crippen LogP contribution in [-0.4, -0.2) is 19.9 Å². The van der Waals surface area contributed by atoms with Crippen molar-refractivity contribution >= 4 is 5.78 Å². The average Bonchev–Trinajstić information content (AvgIpc) is 2.91. The lowest BCUT2D eigenvalue weighted by Crippen LogP contribution is -2.29. The maximum absolute atomic E-state index is 12.0. The fourth-order valence-corrected chi connectivity index (χ4v) is 2.57. The van der Waals surface area contributed by atoms with E-state index in [4.69, 9.17) is 0 Å². The largest absolute Gasteiger partial charge is 0.336 e. The normalized spacial score (nSPS) is 14.4. The number of aromatic nitrogens is 3. The van der Waals surface area contributed by atoms with Gasteiger partial charge in [0.25, 0.3) is 5.56 Å². The highest BCUT2D eigenvalue weighted by molar-refractivity contribution is 5.97. The number of carbonyl (C=O) groups excluding carboxylic acids is 1. The fraction of sp³-hybridized carbons (Fsp3) is 0.357. The Hall–Kier alpha value is -2.17. The molecule has 0 amide bonds. The van der Waals surface area contributed by atoms with Gasteiger partial charge in [-0.2, -0.15) is 0 Å². The summed E-state index contributed by atoms with van der Waals surface area (Å²) in [6.45, 7) is 1.26. The number of hydrogen-bond donors (Lipinski definition) is 0. The number of carbonyl (C=O) groups is 1. The highest BCUT2D eigenvalue weighted by Gasteiger charge is 2.20. The highest BCUT2D eigenvalue weighted by Crippen LogP contribution is 2.19. The van der Waals surface area contributed by atoms with E-state index >= 15 is 0 Å². The van der Waals surface area contributed by atoms with Gasteiger partial charge in [0.2, 0.25) is 0 Å². The third-order valence-electron chi connectivity index (χ3n) is 3.55. The maximum atomic E-state index is 12.0. The molecule has 0 saturated carbocycles. The first kappa shape index (κ1) is 11.9. The number of imidazole rings is 1. The molecule has 0 unspecified atom stereocenters. The molecule has 2 aromatic heterocycles. The lowest BCUT2D eigenvalue weighted by atomic mass is 9.94. The van der Waals surface area contributed by atoms with Gasteiger partial charge in [0.05, 0.1) is 6.33 Å². The molecule has 0 aromatic carbocycles. The van der Waals surface area contributed by atoms with Crippen molar-refractivity contribution in [3.05, 3.63) is 52.5 Å². The van der Waals surface area contributed by atoms with E-state index < -0.39 is 0 Å². The van der Waals surface area contributed by atoms with Crippen LogP contribution in [0, 0.1) is 0 Å². The monoisotopic (exact) mass is 257 g/mol. The van der Waals surface area contributed by atoms with E-state index in [1.807, 2.05) is 10.8 Å². The molecule has 0 aliphatic heterocycles. The molecule has 19 heavy (non-hydrogen) atoms. The van der Waals surface area contributed by atoms with Gasteiger partial charge in [-0.15, -0.1) is 0 Å². The van der Waals surface area contributed by atoms with Crippen molar-refractivity contribution in [2.45, 2.75) is 32.4 Å². The lowest BCUT2D eigenvalue weighted by molar-refractivity contribution is 0.0970. The van der Waals surface area contributed by atoms with Crippen LogP contribution in [0.25, 0.3) is 0 Å². The number of rotatable bonds is 3. The van der Waals surface area contributed by atoms with Crippen LogP contribution in [0.15, 0.2) is 35.6 Å². The molecule has 2 heterocycles. The molecule has 0 spiro atoms. The Morgan fingerprint density at radius 1 is 1.16 bits per heavy atom. The van der Waals surface area contributed by atoms with Crippen molar-refractivity contribution in [1.29, 1.82) is 0 Å². The number of Topliss-reactive ketones (excluding diaryl/α,β-unsaturated/α-hetero) is 1. The van der Waals surface area contributed by atoms with E-state index in [9.17, 15) is 9.59 Å². The van der Waals surface area contributed by atoms with Crippen LogP contribution in [-0.2, 0) is 19.5 Å². The average molecular weight is 257 g/mol. The minimum Gasteiger partial charge on any atom is -0.336 e. The summed E-state index contributed by atoms with van der Waals surface area (Å²) in [4.78, 5) is 27.8. The number of hydrogen-bond acceptors (Lipinski definition) is 3. The molecule has 0 bridgehead atoms. The summed E-state index contributed by atoms with van der Waals surface area (Å²) < 4.78 is 3.66. The Labute approximate surface area is 110 Å². The lowest BCUT2D eigenvalue weighted by Gasteiger charge is -2.20. The maximum Gasteiger partial charge on any atom is 0.250 e. The van der Waals surface area contributed by atoms with E-state index in [2.05, 4.69) is 4.98 Å². The fourth-order valence-electron chi connectivity index (χ4n) is 2.57. The summed E-state index contributed by atoms with van der Waals surface area (Å²) in [5.74, 6) is 0.151. The van der Waals surface area contributed by atoms with Crippen molar-refractivity contribution in [3.8, 4) is 0 Å². The Kier molecular flexibility index (Phi) is 3.03. The van der Waals surface area contributed by atoms with Gasteiger partial charge in [0.1, 0.15) is 0 Å². The minimum atomic E-state index is -0.0337. The van der Waals surface area contributed by atoms with Crippen LogP contribution in [0.4, 0.5) is 0 Å². The molecule has 3 rings (SSSR count). The molecular weight excluding hydrogens is 242 g/mol. The van der Waals surface area contributed by atoms with Gasteiger partial charge in [-0.25, -0.2) is 4.98 Å². The van der Waals surface area contributed by atoms with Gasteiger partial charge in [-0.05, 0) is 18.9 Å². The molecule has 0 fully saturated rings. The third kappa shape index (κ3) is 2.23. The van der Waals surface area contributed by atoms with E-state index in [0.717, 1.165) is 24.1 Å². The molecule has 98 valence electrons. The molecule has 5 nitrogen and oxygen atoms in total. The molecule has 2 aromatic rings. The minimum absolute atomic E-state index is 0.0337. The molecule has 0 N–H and O–H groups in total. The van der Waals surface area contributed by atoms with Gasteiger partial charge in [0, 0.05) is 49.2 Å². The number of ketones is 1. The summed E-state index contributed by atoms with van der Waals surface area (Å²) >= 11 is 0. The van der Waals surface area contributed by atoms with E-state index in [0.29, 0.717) is 19.5 Å². The first-order chi connectivity index (χ1) is 9.25. The highest BCUT2D eigenvalue weighted by atomic mass is 16.1. The topological polar surface area (TPSA) is 56.9 Å². The number of fused-ring (bicyclic) bond motifs is 1. The van der Waals surface area contributed by atoms with Crippen molar-refractivity contribution < 1.29 is 4.79 Å². The standard InChI is InChI=1S/C14H15N3O2/c18-13-3-1-2-12-11(13)4-5-14(19)17(12)9-8-16-7-6-15-10-16/h4-7,10H,1-3,8-9H2. The van der Waals surface area contributed by atoms with Gasteiger partial charge in [-0.3, -0.25) is 9.59 Å². The van der Waals surface area contributed by atoms with Crippen molar-refractivity contribution in [1.82, 2.24) is 14.1 Å². The second-order valence-corrected chi connectivity index (χ2v) is 4.76. The van der Waals surface area contributed by atoms with E-state index in [-0.39, 0.29) is 11.3 Å². The summed E-state index contributed by atoms with van der Waals surface area (Å²) in [5, 5.41) is 0. The second-order valence-electron chi connectivity index (χ2n) is 4.76. The van der Waals surface area contributed by atoms with Crippen LogP contribution >= 0.6 is 0 Å². The molecule has 0 saturated heterocycles. The third-order valence-corrected chi connectivity index (χ3v) is 3.55. The van der Waals surface area contributed by atoms with Crippen molar-refractivity contribution in [2.75, 3.05) is 0 Å². The van der Waals surface area contributed by atoms with Gasteiger partial charge < -0.3 is 9.13 Å². The summed E-state index contributed by atoms with van der Waals surface area (Å²) in [6.07, 6.45) is 7.54. The SMILES string of the molecule is O=C1CCCc2c1ccc(=O)n2CCn1ccnc1. The number of aryl methyl sites for hydroxylation is 1. The Morgan fingerprint density at radius 3 is 2.84 bits per heavy atom. The van der Waals surface area contributed by atoms with Crippen LogP contribution < -0.4 is 5.56 Å². The summed E-state index contributed by atoms with van der Waals surface area (Å²) in [7, 11) is 0. The quantitative estimate of drug-likeness (QED) is 0.832. The zero-order valence-corrected chi connectivity index (χ0v) is 10.6. The zero-order valence-electron chi connectivity index (χ0n) is 10.6. The summed E-state index contributed by atoms with van der Waals surface area (Å²) in [5.41, 5.74) is 1.58. The predicted octanol–water partition coefficient (Wildman–Crippen LogP) is 1.26. The van der Waals surface area contributed by atoms with Gasteiger partial charge >= 0.3 is 0 Å². The Bertz CT molecular complexity index is 656. The first-order valence-corrected chi connectivity index (χ1v) is 6.47. The molecule has 0 radical (unpaired) electrons. The van der Waals surface area contributed by atoms with Crippen molar-refractivity contribution in [3.63, 3.8) is 0 Å². The predicted molar refractivity (Wildman–Crippen MR) is 70.2 cm³/mol. The zero-order chi connectivity index (χ0) is 13.2. The summed E-state index contributed by atoms with van der Waals surface area (Å²) in [6, 6.07) is 3.17. The van der Waals surface area contributed by atoms with Crippen LogP contribution in [0.2, 0.25) is 0 Å². The number of pyridine rings is 1. The van der Waals surface area contributed by atoms with Crippen LogP contribution in [0.1, 0.15) is 28.9 Å². The van der Waals surface area contributed by atoms with E-state index in [1.54, 1.807) is 23.2 Å². The van der Waals surface area contributed by atoms with E-state index in [1.165, 1.54) is 6.07 Å². The molecular formula is C14H15N3O2. The molecule has 1 aliphatic carbocycles. The Balaban J connectivity index is 1.94. The molecule has 5 heteroatoms. The molecule has 0 atom stereocenters. The smallest absolute Gasteiger partial charge is 0.250 e. The Morgan fingerprint density at radius 2 is 2.05 bits per heavy atom. The van der Waals surface area contributed by atoms with Crippen LogP contribution in [0.3, 0.4) is 0 Å².